The highest BCUT2D eigenvalue weighted by Crippen LogP contribution is 2.14. The van der Waals surface area contributed by atoms with Crippen LogP contribution in [0.5, 0.6) is 0 Å². The van der Waals surface area contributed by atoms with E-state index in [2.05, 4.69) is 11.8 Å². The second kappa shape index (κ2) is 6.41. The van der Waals surface area contributed by atoms with Gasteiger partial charge in [-0.25, -0.2) is 4.39 Å². The number of rotatable bonds is 3. The molecule has 19 heavy (non-hydrogen) atoms. The van der Waals surface area contributed by atoms with Gasteiger partial charge in [-0.1, -0.05) is 12.2 Å². The minimum Gasteiger partial charge on any atom is -0.389 e. The Balaban J connectivity index is 2.11. The van der Waals surface area contributed by atoms with Crippen molar-refractivity contribution in [1.82, 2.24) is 4.90 Å². The monoisotopic (exact) mass is 282 g/mol. The third-order valence-corrected chi connectivity index (χ3v) is 3.42. The van der Waals surface area contributed by atoms with Crippen molar-refractivity contribution >= 4 is 17.2 Å². The summed E-state index contributed by atoms with van der Waals surface area (Å²) in [5.74, 6) is -0.292. The van der Waals surface area contributed by atoms with E-state index in [1.165, 1.54) is 12.1 Å². The summed E-state index contributed by atoms with van der Waals surface area (Å²) in [6, 6.07) is 4.78. The van der Waals surface area contributed by atoms with E-state index in [0.717, 1.165) is 31.7 Å². The van der Waals surface area contributed by atoms with Gasteiger partial charge in [-0.2, -0.15) is 0 Å². The molecule has 2 rings (SSSR count). The normalized spacial score (nSPS) is 21.1. The standard InChI is InChI=1S/C14H19FN2OS/c1-10-8-17(3-2-4-18-10)9-11-5-12(14(16)19)7-13(15)6-11/h5-7,10H,2-4,8-9H2,1H3,(H2,16,19). The zero-order valence-corrected chi connectivity index (χ0v) is 11.9. The molecule has 1 aliphatic rings. The van der Waals surface area contributed by atoms with Crippen molar-refractivity contribution in [3.8, 4) is 0 Å². The molecule has 1 aromatic carbocycles. The van der Waals surface area contributed by atoms with Crippen molar-refractivity contribution in [2.75, 3.05) is 19.7 Å². The number of halogens is 1. The first-order valence-electron chi connectivity index (χ1n) is 6.48. The summed E-state index contributed by atoms with van der Waals surface area (Å²) in [6.45, 7) is 5.37. The average Bonchev–Trinajstić information content (AvgIpc) is 2.52. The number of thiocarbonyl (C=S) groups is 1. The Morgan fingerprint density at radius 1 is 1.53 bits per heavy atom. The molecule has 3 nitrogen and oxygen atoms in total. The maximum absolute atomic E-state index is 13.5. The van der Waals surface area contributed by atoms with Gasteiger partial charge in [0.15, 0.2) is 0 Å². The van der Waals surface area contributed by atoms with Crippen LogP contribution in [0.1, 0.15) is 24.5 Å². The molecule has 0 aliphatic carbocycles. The summed E-state index contributed by atoms with van der Waals surface area (Å²) in [7, 11) is 0. The van der Waals surface area contributed by atoms with Crippen LogP contribution < -0.4 is 5.73 Å². The summed E-state index contributed by atoms with van der Waals surface area (Å²) >= 11 is 4.90. The van der Waals surface area contributed by atoms with E-state index >= 15 is 0 Å². The van der Waals surface area contributed by atoms with Crippen LogP contribution in [0.25, 0.3) is 0 Å². The van der Waals surface area contributed by atoms with E-state index in [-0.39, 0.29) is 16.9 Å². The van der Waals surface area contributed by atoms with Crippen molar-refractivity contribution < 1.29 is 9.13 Å². The molecule has 0 aromatic heterocycles. The van der Waals surface area contributed by atoms with E-state index in [1.54, 1.807) is 0 Å². The van der Waals surface area contributed by atoms with Crippen LogP contribution in [0.3, 0.4) is 0 Å². The third kappa shape index (κ3) is 4.23. The summed E-state index contributed by atoms with van der Waals surface area (Å²) in [5.41, 5.74) is 7.05. The summed E-state index contributed by atoms with van der Waals surface area (Å²) in [4.78, 5) is 2.50. The second-order valence-corrected chi connectivity index (χ2v) is 5.42. The fourth-order valence-corrected chi connectivity index (χ4v) is 2.48. The summed E-state index contributed by atoms with van der Waals surface area (Å²) in [6.07, 6.45) is 1.22. The third-order valence-electron chi connectivity index (χ3n) is 3.18. The Bertz CT molecular complexity index is 467. The van der Waals surface area contributed by atoms with Crippen molar-refractivity contribution in [2.24, 2.45) is 5.73 Å². The van der Waals surface area contributed by atoms with Crippen molar-refractivity contribution in [1.29, 1.82) is 0 Å². The van der Waals surface area contributed by atoms with Gasteiger partial charge in [-0.15, -0.1) is 0 Å². The maximum atomic E-state index is 13.5. The molecule has 104 valence electrons. The predicted octanol–water partition coefficient (Wildman–Crippen LogP) is 2.07. The first kappa shape index (κ1) is 14.4. The zero-order valence-electron chi connectivity index (χ0n) is 11.1. The van der Waals surface area contributed by atoms with Crippen molar-refractivity contribution in [3.05, 3.63) is 35.1 Å². The van der Waals surface area contributed by atoms with Crippen LogP contribution in [-0.2, 0) is 11.3 Å². The molecule has 0 amide bonds. The van der Waals surface area contributed by atoms with Crippen LogP contribution in [-0.4, -0.2) is 35.7 Å². The van der Waals surface area contributed by atoms with Gasteiger partial charge in [-0.3, -0.25) is 4.90 Å². The fraction of sp³-hybridized carbons (Fsp3) is 0.500. The molecule has 0 spiro atoms. The number of benzene rings is 1. The second-order valence-electron chi connectivity index (χ2n) is 4.98. The summed E-state index contributed by atoms with van der Waals surface area (Å²) in [5, 5.41) is 0. The Hall–Kier alpha value is -1.04. The first-order chi connectivity index (χ1) is 9.04. The highest BCUT2D eigenvalue weighted by molar-refractivity contribution is 7.80. The van der Waals surface area contributed by atoms with E-state index in [9.17, 15) is 4.39 Å². The lowest BCUT2D eigenvalue weighted by Crippen LogP contribution is -2.30. The largest absolute Gasteiger partial charge is 0.389 e. The maximum Gasteiger partial charge on any atom is 0.124 e. The molecule has 2 N–H and O–H groups in total. The number of nitrogens with two attached hydrogens (primary N) is 1. The number of ether oxygens (including phenoxy) is 1. The molecule has 1 saturated heterocycles. The van der Waals surface area contributed by atoms with E-state index < -0.39 is 0 Å². The van der Waals surface area contributed by atoms with Gasteiger partial charge in [0.25, 0.3) is 0 Å². The topological polar surface area (TPSA) is 38.5 Å². The van der Waals surface area contributed by atoms with E-state index in [0.29, 0.717) is 12.1 Å². The van der Waals surface area contributed by atoms with E-state index in [1.807, 2.05) is 6.07 Å². The van der Waals surface area contributed by atoms with Crippen molar-refractivity contribution in [3.63, 3.8) is 0 Å². The highest BCUT2D eigenvalue weighted by Gasteiger charge is 2.15. The molecule has 5 heteroatoms. The first-order valence-corrected chi connectivity index (χ1v) is 6.88. The molecule has 0 bridgehead atoms. The SMILES string of the molecule is CC1CN(Cc2cc(F)cc(C(N)=S)c2)CCCO1. The van der Waals surface area contributed by atoms with Gasteiger partial charge in [0.1, 0.15) is 10.8 Å². The summed E-state index contributed by atoms with van der Waals surface area (Å²) < 4.78 is 19.1. The molecule has 1 unspecified atom stereocenters. The lowest BCUT2D eigenvalue weighted by atomic mass is 10.1. The average molecular weight is 282 g/mol. The van der Waals surface area contributed by atoms with E-state index in [4.69, 9.17) is 22.7 Å². The van der Waals surface area contributed by atoms with Gasteiger partial charge >= 0.3 is 0 Å². The molecule has 1 heterocycles. The van der Waals surface area contributed by atoms with Crippen LogP contribution in [0, 0.1) is 5.82 Å². The van der Waals surface area contributed by atoms with Crippen LogP contribution in [0.2, 0.25) is 0 Å². The van der Waals surface area contributed by atoms with Crippen LogP contribution in [0.4, 0.5) is 4.39 Å². The van der Waals surface area contributed by atoms with Crippen LogP contribution in [0.15, 0.2) is 18.2 Å². The Morgan fingerprint density at radius 3 is 3.05 bits per heavy atom. The molecule has 1 aromatic rings. The lowest BCUT2D eigenvalue weighted by Gasteiger charge is -2.22. The Labute approximate surface area is 118 Å². The molecule has 1 aliphatic heterocycles. The van der Waals surface area contributed by atoms with Gasteiger partial charge < -0.3 is 10.5 Å². The number of nitrogens with zero attached hydrogens (tertiary/aromatic N) is 1. The molecule has 1 atom stereocenters. The molecule has 0 radical (unpaired) electrons. The minimum atomic E-state index is -0.292. The predicted molar refractivity (Wildman–Crippen MR) is 77.6 cm³/mol. The lowest BCUT2D eigenvalue weighted by molar-refractivity contribution is 0.0668. The highest BCUT2D eigenvalue weighted by atomic mass is 32.1. The smallest absolute Gasteiger partial charge is 0.124 e. The van der Waals surface area contributed by atoms with Gasteiger partial charge in [0, 0.05) is 31.8 Å². The van der Waals surface area contributed by atoms with Gasteiger partial charge in [-0.05, 0) is 37.1 Å². The van der Waals surface area contributed by atoms with Gasteiger partial charge in [0.05, 0.1) is 6.10 Å². The molecule has 1 fully saturated rings. The number of hydrogen-bond donors (Lipinski definition) is 1. The quantitative estimate of drug-likeness (QED) is 0.861. The fourth-order valence-electron chi connectivity index (χ4n) is 2.37. The zero-order chi connectivity index (χ0) is 13.8. The Kier molecular flexibility index (Phi) is 4.85. The molecular formula is C14H19FN2OS. The van der Waals surface area contributed by atoms with Gasteiger partial charge in [0.2, 0.25) is 0 Å². The molecular weight excluding hydrogens is 263 g/mol. The number of hydrogen-bond acceptors (Lipinski definition) is 3. The molecule has 0 saturated carbocycles. The Morgan fingerprint density at radius 2 is 2.32 bits per heavy atom. The minimum absolute atomic E-state index is 0.214. The van der Waals surface area contributed by atoms with Crippen LogP contribution >= 0.6 is 12.2 Å². The van der Waals surface area contributed by atoms with Crippen molar-refractivity contribution in [2.45, 2.75) is 26.0 Å².